The zero-order chi connectivity index (χ0) is 13.8. The molecule has 0 saturated carbocycles. The van der Waals surface area contributed by atoms with Crippen LogP contribution >= 0.6 is 0 Å². The van der Waals surface area contributed by atoms with Gasteiger partial charge in [0, 0.05) is 11.8 Å². The van der Waals surface area contributed by atoms with Crippen LogP contribution in [-0.4, -0.2) is 25.4 Å². The van der Waals surface area contributed by atoms with Crippen molar-refractivity contribution in [1.82, 2.24) is 25.4 Å². The highest BCUT2D eigenvalue weighted by molar-refractivity contribution is 5.52. The monoisotopic (exact) mass is 266 g/mol. The van der Waals surface area contributed by atoms with Crippen molar-refractivity contribution < 1.29 is 0 Å². The van der Waals surface area contributed by atoms with Crippen LogP contribution < -0.4 is 4.90 Å². The quantitative estimate of drug-likeness (QED) is 0.784. The Morgan fingerprint density at radius 2 is 2.00 bits per heavy atom. The second kappa shape index (κ2) is 5.48. The number of aryl methyl sites for hydroxylation is 1. The lowest BCUT2D eigenvalue weighted by atomic mass is 10.2. The lowest BCUT2D eigenvalue weighted by molar-refractivity contribution is 0.843. The summed E-state index contributed by atoms with van der Waals surface area (Å²) in [5.74, 6) is 1.31. The number of benzene rings is 1. The van der Waals surface area contributed by atoms with Gasteiger partial charge in [0.25, 0.3) is 5.95 Å². The molecule has 6 heteroatoms. The largest absolute Gasteiger partial charge is 0.288 e. The van der Waals surface area contributed by atoms with Gasteiger partial charge in [-0.15, -0.1) is 5.10 Å². The van der Waals surface area contributed by atoms with Crippen LogP contribution in [0.2, 0.25) is 0 Å². The van der Waals surface area contributed by atoms with Crippen molar-refractivity contribution in [3.63, 3.8) is 0 Å². The third-order valence-corrected chi connectivity index (χ3v) is 2.86. The van der Waals surface area contributed by atoms with Gasteiger partial charge in [-0.25, -0.2) is 4.98 Å². The Bertz CT molecular complexity index is 664. The molecule has 0 aliphatic carbocycles. The van der Waals surface area contributed by atoms with Gasteiger partial charge in [-0.3, -0.25) is 10.00 Å². The number of nitrogens with zero attached hydrogens (tertiary/aromatic N) is 5. The van der Waals surface area contributed by atoms with Crippen LogP contribution in [-0.2, 0) is 6.54 Å². The number of nitrogens with one attached hydrogen (secondary N) is 1. The molecule has 2 heterocycles. The van der Waals surface area contributed by atoms with E-state index >= 15 is 0 Å². The molecule has 0 saturated heterocycles. The summed E-state index contributed by atoms with van der Waals surface area (Å²) in [6.45, 7) is 2.60. The van der Waals surface area contributed by atoms with Gasteiger partial charge in [0.2, 0.25) is 0 Å². The summed E-state index contributed by atoms with van der Waals surface area (Å²) in [5.41, 5.74) is 2.14. The Balaban J connectivity index is 1.96. The first-order valence-corrected chi connectivity index (χ1v) is 6.30. The van der Waals surface area contributed by atoms with Crippen molar-refractivity contribution in [1.29, 1.82) is 0 Å². The van der Waals surface area contributed by atoms with E-state index in [-0.39, 0.29) is 0 Å². The van der Waals surface area contributed by atoms with Crippen molar-refractivity contribution in [3.8, 4) is 0 Å². The zero-order valence-electron chi connectivity index (χ0n) is 11.1. The third-order valence-electron chi connectivity index (χ3n) is 2.86. The van der Waals surface area contributed by atoms with Crippen LogP contribution in [0, 0.1) is 6.92 Å². The fourth-order valence-corrected chi connectivity index (χ4v) is 1.93. The molecule has 1 aromatic carbocycles. The maximum absolute atomic E-state index is 4.28. The van der Waals surface area contributed by atoms with Crippen molar-refractivity contribution in [2.45, 2.75) is 13.5 Å². The second-order valence-corrected chi connectivity index (χ2v) is 4.42. The molecule has 0 bridgehead atoms. The van der Waals surface area contributed by atoms with E-state index in [0.717, 1.165) is 17.1 Å². The fourth-order valence-electron chi connectivity index (χ4n) is 1.93. The highest BCUT2D eigenvalue weighted by Crippen LogP contribution is 2.22. The Hall–Kier alpha value is -2.76. The van der Waals surface area contributed by atoms with E-state index < -0.39 is 0 Å². The van der Waals surface area contributed by atoms with E-state index in [0.29, 0.717) is 12.5 Å². The van der Waals surface area contributed by atoms with Gasteiger partial charge in [0.05, 0.1) is 18.9 Å². The average molecular weight is 266 g/mol. The van der Waals surface area contributed by atoms with E-state index in [2.05, 4.69) is 37.5 Å². The maximum Gasteiger partial charge on any atom is 0.251 e. The fraction of sp³-hybridized carbons (Fsp3) is 0.143. The average Bonchev–Trinajstić information content (AvgIpc) is 2.93. The van der Waals surface area contributed by atoms with E-state index in [4.69, 9.17) is 0 Å². The summed E-state index contributed by atoms with van der Waals surface area (Å²) < 4.78 is 0. The molecule has 3 aromatic rings. The van der Waals surface area contributed by atoms with Crippen molar-refractivity contribution in [2.24, 2.45) is 0 Å². The first-order valence-electron chi connectivity index (χ1n) is 6.30. The summed E-state index contributed by atoms with van der Waals surface area (Å²) >= 11 is 0. The molecule has 0 amide bonds. The van der Waals surface area contributed by atoms with Gasteiger partial charge >= 0.3 is 0 Å². The number of hydrogen-bond donors (Lipinski definition) is 1. The van der Waals surface area contributed by atoms with Crippen LogP contribution in [0.25, 0.3) is 0 Å². The van der Waals surface area contributed by atoms with Gasteiger partial charge in [-0.2, -0.15) is 10.2 Å². The minimum Gasteiger partial charge on any atom is -0.288 e. The summed E-state index contributed by atoms with van der Waals surface area (Å²) in [4.78, 5) is 6.18. The smallest absolute Gasteiger partial charge is 0.251 e. The van der Waals surface area contributed by atoms with Gasteiger partial charge in [0.15, 0.2) is 5.82 Å². The first-order chi connectivity index (χ1) is 9.83. The summed E-state index contributed by atoms with van der Waals surface area (Å²) in [6.07, 6.45) is 3.18. The molecule has 0 radical (unpaired) electrons. The van der Waals surface area contributed by atoms with Crippen LogP contribution in [0.1, 0.15) is 11.3 Å². The lowest BCUT2D eigenvalue weighted by Gasteiger charge is -2.19. The number of hydrogen-bond acceptors (Lipinski definition) is 5. The summed E-state index contributed by atoms with van der Waals surface area (Å²) in [5, 5.41) is 15.2. The molecule has 6 nitrogen and oxygen atoms in total. The Kier molecular flexibility index (Phi) is 3.36. The predicted octanol–water partition coefficient (Wildman–Crippen LogP) is 2.24. The van der Waals surface area contributed by atoms with Crippen LogP contribution in [0.5, 0.6) is 0 Å². The topological polar surface area (TPSA) is 70.6 Å². The molecule has 0 aliphatic heterocycles. The van der Waals surface area contributed by atoms with Crippen LogP contribution in [0.15, 0.2) is 48.8 Å². The summed E-state index contributed by atoms with van der Waals surface area (Å²) in [6, 6.07) is 12.1. The molecular weight excluding hydrogens is 252 g/mol. The number of H-pyrrole nitrogens is 1. The van der Waals surface area contributed by atoms with Gasteiger partial charge in [-0.1, -0.05) is 30.3 Å². The van der Waals surface area contributed by atoms with E-state index in [1.54, 1.807) is 12.4 Å². The van der Waals surface area contributed by atoms with Crippen molar-refractivity contribution >= 4 is 11.8 Å². The number of aromatic amines is 1. The normalized spacial score (nSPS) is 10.4. The number of aromatic nitrogens is 5. The molecule has 0 fully saturated rings. The van der Waals surface area contributed by atoms with Gasteiger partial charge in [-0.05, 0) is 12.5 Å². The van der Waals surface area contributed by atoms with Crippen LogP contribution in [0.3, 0.4) is 0 Å². The van der Waals surface area contributed by atoms with Crippen LogP contribution in [0.4, 0.5) is 11.8 Å². The first kappa shape index (κ1) is 12.3. The molecule has 2 aromatic heterocycles. The molecule has 100 valence electrons. The van der Waals surface area contributed by atoms with Gasteiger partial charge in [0.1, 0.15) is 0 Å². The Morgan fingerprint density at radius 1 is 1.15 bits per heavy atom. The Morgan fingerprint density at radius 3 is 2.65 bits per heavy atom. The van der Waals surface area contributed by atoms with E-state index in [1.165, 1.54) is 0 Å². The molecule has 1 N–H and O–H groups in total. The Labute approximate surface area is 116 Å². The number of rotatable bonds is 4. The standard InChI is InChI=1S/C14H14N6/c1-11-9-13(18-17-11)20(14-15-7-8-16-19-14)10-12-5-3-2-4-6-12/h2-9H,10H2,1H3,(H,17,18). The maximum atomic E-state index is 4.28. The van der Waals surface area contributed by atoms with E-state index in [9.17, 15) is 0 Å². The molecule has 0 aliphatic rings. The molecule has 20 heavy (non-hydrogen) atoms. The van der Waals surface area contributed by atoms with Crippen molar-refractivity contribution in [2.75, 3.05) is 4.90 Å². The summed E-state index contributed by atoms with van der Waals surface area (Å²) in [7, 11) is 0. The van der Waals surface area contributed by atoms with Crippen molar-refractivity contribution in [3.05, 3.63) is 60.0 Å². The highest BCUT2D eigenvalue weighted by atomic mass is 15.4. The molecular formula is C14H14N6. The molecule has 0 atom stereocenters. The molecule has 0 unspecified atom stereocenters. The van der Waals surface area contributed by atoms with Gasteiger partial charge < -0.3 is 0 Å². The lowest BCUT2D eigenvalue weighted by Crippen LogP contribution is -2.19. The minimum atomic E-state index is 0.530. The molecule has 0 spiro atoms. The number of anilines is 2. The highest BCUT2D eigenvalue weighted by Gasteiger charge is 2.15. The minimum absolute atomic E-state index is 0.530. The SMILES string of the molecule is Cc1cc(N(Cc2ccccc2)c2nccnn2)n[nH]1. The predicted molar refractivity (Wildman–Crippen MR) is 75.4 cm³/mol. The third kappa shape index (κ3) is 2.64. The van der Waals surface area contributed by atoms with E-state index in [1.807, 2.05) is 36.1 Å². The zero-order valence-corrected chi connectivity index (χ0v) is 11.1. The molecule has 3 rings (SSSR count). The second-order valence-electron chi connectivity index (χ2n) is 4.42.